The van der Waals surface area contributed by atoms with Gasteiger partial charge in [-0.15, -0.1) is 0 Å². The van der Waals surface area contributed by atoms with E-state index in [1.165, 1.54) is 135 Å². The topological polar surface area (TPSA) is 132 Å². The Morgan fingerprint density at radius 3 is 1.38 bits per heavy atom. The van der Waals surface area contributed by atoms with Gasteiger partial charge in [-0.2, -0.15) is 0 Å². The van der Waals surface area contributed by atoms with Gasteiger partial charge >= 0.3 is 13.8 Å². The molecule has 3 atom stereocenters. The number of carbonyl (C=O) groups is 1. The van der Waals surface area contributed by atoms with Crippen molar-refractivity contribution in [2.75, 3.05) is 33.0 Å². The van der Waals surface area contributed by atoms with Crippen molar-refractivity contribution in [1.29, 1.82) is 0 Å². The zero-order chi connectivity index (χ0) is 34.7. The summed E-state index contributed by atoms with van der Waals surface area (Å²) in [5, 5.41) is 18.3. The zero-order valence-electron chi connectivity index (χ0n) is 30.5. The van der Waals surface area contributed by atoms with Crippen molar-refractivity contribution < 1.29 is 43.0 Å². The molecule has 47 heavy (non-hydrogen) atoms. The van der Waals surface area contributed by atoms with Crippen molar-refractivity contribution >= 4 is 13.8 Å². The molecule has 0 rings (SSSR count). The Balaban J connectivity index is 4.19. The average Bonchev–Trinajstić information content (AvgIpc) is 3.06. The van der Waals surface area contributed by atoms with E-state index >= 15 is 0 Å². The number of ether oxygens (including phenoxy) is 2. The molecule has 0 aliphatic carbocycles. The lowest BCUT2D eigenvalue weighted by Crippen LogP contribution is -2.29. The number of hydrogen-bond donors (Lipinski definition) is 3. The highest BCUT2D eigenvalue weighted by atomic mass is 31.2. The van der Waals surface area contributed by atoms with E-state index < -0.39 is 33.2 Å². The Bertz CT molecular complexity index is 709. The molecule has 3 unspecified atom stereocenters. The molecule has 0 bridgehead atoms. The van der Waals surface area contributed by atoms with Gasteiger partial charge in [0.25, 0.3) is 0 Å². The highest BCUT2D eigenvalue weighted by Gasteiger charge is 2.26. The van der Waals surface area contributed by atoms with E-state index in [1.54, 1.807) is 0 Å². The molecule has 0 aliphatic heterocycles. The van der Waals surface area contributed by atoms with Gasteiger partial charge in [0, 0.05) is 13.0 Å². The second-order valence-electron chi connectivity index (χ2n) is 13.3. The molecule has 282 valence electrons. The van der Waals surface area contributed by atoms with Crippen LogP contribution in [-0.4, -0.2) is 66.3 Å². The molecular formula is C37H75O9P. The number of carbonyl (C=O) groups excluding carboxylic acids is 1. The van der Waals surface area contributed by atoms with Gasteiger partial charge in [0.15, 0.2) is 0 Å². The maximum Gasteiger partial charge on any atom is 0.472 e. The fourth-order valence-electron chi connectivity index (χ4n) is 5.53. The van der Waals surface area contributed by atoms with Gasteiger partial charge in [0.1, 0.15) is 12.2 Å². The molecule has 0 spiro atoms. The van der Waals surface area contributed by atoms with E-state index in [4.69, 9.17) is 23.6 Å². The predicted molar refractivity (Wildman–Crippen MR) is 192 cm³/mol. The molecule has 9 nitrogen and oxygen atoms in total. The van der Waals surface area contributed by atoms with Crippen molar-refractivity contribution in [1.82, 2.24) is 0 Å². The molecule has 0 saturated heterocycles. The van der Waals surface area contributed by atoms with Crippen molar-refractivity contribution in [2.45, 2.75) is 199 Å². The zero-order valence-corrected chi connectivity index (χ0v) is 31.4. The fraction of sp³-hybridized carbons (Fsp3) is 0.973. The van der Waals surface area contributed by atoms with Crippen LogP contribution in [0.15, 0.2) is 0 Å². The molecule has 0 saturated carbocycles. The van der Waals surface area contributed by atoms with Crippen LogP contribution in [0.2, 0.25) is 0 Å². The number of hydrogen-bond acceptors (Lipinski definition) is 8. The Kier molecular flexibility index (Phi) is 34.9. The normalized spacial score (nSPS) is 14.2. The fourth-order valence-corrected chi connectivity index (χ4v) is 6.32. The summed E-state index contributed by atoms with van der Waals surface area (Å²) in [5.41, 5.74) is 0. The van der Waals surface area contributed by atoms with Crippen LogP contribution in [0, 0.1) is 0 Å². The van der Waals surface area contributed by atoms with Crippen LogP contribution >= 0.6 is 7.82 Å². The Hall–Kier alpha value is -0.540. The Morgan fingerprint density at radius 1 is 0.574 bits per heavy atom. The number of rotatable bonds is 38. The van der Waals surface area contributed by atoms with Crippen molar-refractivity contribution in [2.24, 2.45) is 0 Å². The number of phosphoric ester groups is 1. The molecular weight excluding hydrogens is 619 g/mol. The summed E-state index contributed by atoms with van der Waals surface area (Å²) < 4.78 is 33.2. The molecule has 0 aromatic carbocycles. The number of aliphatic hydroxyl groups excluding tert-OH is 2. The first kappa shape index (κ1) is 46.5. The summed E-state index contributed by atoms with van der Waals surface area (Å²) >= 11 is 0. The van der Waals surface area contributed by atoms with Crippen LogP contribution < -0.4 is 0 Å². The van der Waals surface area contributed by atoms with Gasteiger partial charge in [-0.25, -0.2) is 4.57 Å². The minimum Gasteiger partial charge on any atom is -0.457 e. The van der Waals surface area contributed by atoms with Crippen LogP contribution in [0.4, 0.5) is 0 Å². The number of phosphoric acid groups is 1. The second kappa shape index (κ2) is 35.3. The summed E-state index contributed by atoms with van der Waals surface area (Å²) in [5.74, 6) is -0.379. The molecule has 0 amide bonds. The Morgan fingerprint density at radius 2 is 0.957 bits per heavy atom. The molecule has 0 aromatic rings. The van der Waals surface area contributed by atoms with Crippen LogP contribution in [-0.2, 0) is 27.9 Å². The van der Waals surface area contributed by atoms with Crippen LogP contribution in [0.5, 0.6) is 0 Å². The standard InChI is InChI=1S/C37H75O9P/c1-3-5-7-9-11-13-15-17-18-19-21-23-25-27-29-37(40)46-36(34-45-47(41,42)44-32-35(39)31-38)33-43-30-28-26-24-22-20-16-14-12-10-8-6-4-2/h35-36,38-39H,3-34H2,1-2H3,(H,41,42). The highest BCUT2D eigenvalue weighted by Crippen LogP contribution is 2.43. The van der Waals surface area contributed by atoms with Crippen molar-refractivity contribution in [3.63, 3.8) is 0 Å². The highest BCUT2D eigenvalue weighted by molar-refractivity contribution is 7.47. The quantitative estimate of drug-likeness (QED) is 0.0328. The average molecular weight is 695 g/mol. The number of unbranched alkanes of at least 4 members (excludes halogenated alkanes) is 24. The first-order chi connectivity index (χ1) is 22.8. The molecule has 0 heterocycles. The van der Waals surface area contributed by atoms with E-state index in [0.29, 0.717) is 6.61 Å². The monoisotopic (exact) mass is 695 g/mol. The van der Waals surface area contributed by atoms with Gasteiger partial charge < -0.3 is 24.6 Å². The molecule has 0 fully saturated rings. The molecule has 10 heteroatoms. The van der Waals surface area contributed by atoms with Crippen molar-refractivity contribution in [3.05, 3.63) is 0 Å². The minimum absolute atomic E-state index is 0.0573. The van der Waals surface area contributed by atoms with E-state index in [0.717, 1.165) is 32.1 Å². The van der Waals surface area contributed by atoms with Gasteiger partial charge in [-0.05, 0) is 12.8 Å². The summed E-state index contributed by atoms with van der Waals surface area (Å²) in [7, 11) is -4.50. The third kappa shape index (κ3) is 35.1. The van der Waals surface area contributed by atoms with E-state index in [2.05, 4.69) is 13.8 Å². The summed E-state index contributed by atoms with van der Waals surface area (Å²) in [6.07, 6.45) is 30.5. The largest absolute Gasteiger partial charge is 0.472 e. The molecule has 0 aromatic heterocycles. The van der Waals surface area contributed by atoms with Crippen molar-refractivity contribution in [3.8, 4) is 0 Å². The van der Waals surface area contributed by atoms with E-state index in [-0.39, 0.29) is 25.6 Å². The van der Waals surface area contributed by atoms with Gasteiger partial charge in [-0.3, -0.25) is 13.8 Å². The lowest BCUT2D eigenvalue weighted by Gasteiger charge is -2.20. The van der Waals surface area contributed by atoms with Crippen LogP contribution in [0.3, 0.4) is 0 Å². The third-order valence-corrected chi connectivity index (χ3v) is 9.49. The molecule has 0 aliphatic rings. The maximum absolute atomic E-state index is 12.5. The first-order valence-corrected chi connectivity index (χ1v) is 21.0. The summed E-state index contributed by atoms with van der Waals surface area (Å²) in [6, 6.07) is 0. The lowest BCUT2D eigenvalue weighted by atomic mass is 10.0. The summed E-state index contributed by atoms with van der Waals surface area (Å²) in [4.78, 5) is 22.5. The molecule has 3 N–H and O–H groups in total. The third-order valence-electron chi connectivity index (χ3n) is 8.54. The lowest BCUT2D eigenvalue weighted by molar-refractivity contribution is -0.154. The van der Waals surface area contributed by atoms with Gasteiger partial charge in [0.2, 0.25) is 0 Å². The minimum atomic E-state index is -4.50. The molecule has 0 radical (unpaired) electrons. The van der Waals surface area contributed by atoms with E-state index in [1.807, 2.05) is 0 Å². The first-order valence-electron chi connectivity index (χ1n) is 19.5. The second-order valence-corrected chi connectivity index (χ2v) is 14.8. The maximum atomic E-state index is 12.5. The van der Waals surface area contributed by atoms with Gasteiger partial charge in [-0.1, -0.05) is 168 Å². The predicted octanol–water partition coefficient (Wildman–Crippen LogP) is 9.97. The SMILES string of the molecule is CCCCCCCCCCCCCCCCC(=O)OC(COCCCCCCCCCCCCCC)COP(=O)(O)OCC(O)CO. The smallest absolute Gasteiger partial charge is 0.457 e. The van der Waals surface area contributed by atoms with Crippen LogP contribution in [0.25, 0.3) is 0 Å². The number of esters is 1. The number of aliphatic hydroxyl groups is 2. The summed E-state index contributed by atoms with van der Waals surface area (Å²) in [6.45, 7) is 3.55. The Labute approximate surface area is 288 Å². The van der Waals surface area contributed by atoms with E-state index in [9.17, 15) is 19.4 Å². The van der Waals surface area contributed by atoms with Crippen LogP contribution in [0.1, 0.15) is 187 Å². The van der Waals surface area contributed by atoms with Gasteiger partial charge in [0.05, 0.1) is 26.4 Å².